The van der Waals surface area contributed by atoms with E-state index in [0.717, 1.165) is 18.8 Å². The van der Waals surface area contributed by atoms with Crippen molar-refractivity contribution in [2.75, 3.05) is 0 Å². The molecule has 0 bridgehead atoms. The van der Waals surface area contributed by atoms with Gasteiger partial charge in [0.1, 0.15) is 0 Å². The molecule has 90 valence electrons. The van der Waals surface area contributed by atoms with Crippen molar-refractivity contribution < 1.29 is 0 Å². The highest BCUT2D eigenvalue weighted by atomic mass is 14.5. The molecule has 0 saturated heterocycles. The van der Waals surface area contributed by atoms with E-state index in [9.17, 15) is 5.26 Å². The Morgan fingerprint density at radius 2 is 1.88 bits per heavy atom. The van der Waals surface area contributed by atoms with Crippen LogP contribution >= 0.6 is 0 Å². The lowest BCUT2D eigenvalue weighted by Gasteiger charge is -2.42. The van der Waals surface area contributed by atoms with Crippen molar-refractivity contribution in [3.63, 3.8) is 0 Å². The van der Waals surface area contributed by atoms with Gasteiger partial charge in [0.15, 0.2) is 0 Å². The van der Waals surface area contributed by atoms with Gasteiger partial charge in [-0.05, 0) is 35.8 Å². The van der Waals surface area contributed by atoms with Crippen molar-refractivity contribution >= 4 is 0 Å². The van der Waals surface area contributed by atoms with Crippen molar-refractivity contribution in [3.05, 3.63) is 35.4 Å². The molecule has 0 spiro atoms. The average molecular weight is 227 g/mol. The number of rotatable bonds is 3. The van der Waals surface area contributed by atoms with E-state index in [-0.39, 0.29) is 5.41 Å². The van der Waals surface area contributed by atoms with Gasteiger partial charge in [0.25, 0.3) is 0 Å². The predicted molar refractivity (Wildman–Crippen MR) is 70.8 cm³/mol. The zero-order valence-corrected chi connectivity index (χ0v) is 11.0. The Morgan fingerprint density at radius 1 is 1.29 bits per heavy atom. The summed E-state index contributed by atoms with van der Waals surface area (Å²) < 4.78 is 0. The van der Waals surface area contributed by atoms with E-state index in [2.05, 4.69) is 51.1 Å². The van der Waals surface area contributed by atoms with Gasteiger partial charge in [-0.25, -0.2) is 0 Å². The fraction of sp³-hybridized carbons (Fsp3) is 0.562. The Bertz CT molecular complexity index is 416. The van der Waals surface area contributed by atoms with Crippen LogP contribution in [0.1, 0.15) is 57.1 Å². The van der Waals surface area contributed by atoms with Crippen LogP contribution in [-0.2, 0) is 5.41 Å². The molecule has 0 amide bonds. The predicted octanol–water partition coefficient (Wildman–Crippen LogP) is 4.39. The highest BCUT2D eigenvalue weighted by Gasteiger charge is 2.44. The molecule has 1 heteroatoms. The van der Waals surface area contributed by atoms with Crippen LogP contribution in [0.5, 0.6) is 0 Å². The first-order valence-corrected chi connectivity index (χ1v) is 6.63. The monoisotopic (exact) mass is 227 g/mol. The maximum atomic E-state index is 9.43. The minimum Gasteiger partial charge on any atom is -0.197 e. The minimum absolute atomic E-state index is 0.184. The van der Waals surface area contributed by atoms with Crippen LogP contribution in [0, 0.1) is 17.2 Å². The van der Waals surface area contributed by atoms with Gasteiger partial charge in [-0.3, -0.25) is 0 Å². The largest absolute Gasteiger partial charge is 0.197 e. The number of benzene rings is 1. The summed E-state index contributed by atoms with van der Waals surface area (Å²) in [6.07, 6.45) is 3.29. The molecule has 0 aliphatic heterocycles. The molecule has 1 aromatic rings. The molecule has 0 atom stereocenters. The molecule has 1 nitrogen and oxygen atoms in total. The standard InChI is InChI=1S/C16H21N/c1-4-13-9-16(10-13,11-17)15-7-5-14(6-8-15)12(2)3/h5-8,12-13H,4,9-10H2,1-3H3. The topological polar surface area (TPSA) is 23.8 Å². The van der Waals surface area contributed by atoms with Crippen LogP contribution in [-0.4, -0.2) is 0 Å². The van der Waals surface area contributed by atoms with Gasteiger partial charge in [-0.2, -0.15) is 5.26 Å². The van der Waals surface area contributed by atoms with Gasteiger partial charge in [-0.15, -0.1) is 0 Å². The fourth-order valence-electron chi connectivity index (χ4n) is 2.79. The van der Waals surface area contributed by atoms with Crippen LogP contribution in [0.3, 0.4) is 0 Å². The van der Waals surface area contributed by atoms with E-state index in [0.29, 0.717) is 5.92 Å². The fourth-order valence-corrected chi connectivity index (χ4v) is 2.79. The van der Waals surface area contributed by atoms with Crippen LogP contribution in [0.25, 0.3) is 0 Å². The summed E-state index contributed by atoms with van der Waals surface area (Å²) >= 11 is 0. The third-order valence-corrected chi connectivity index (χ3v) is 4.20. The Balaban J connectivity index is 2.20. The molecule has 0 radical (unpaired) electrons. The Labute approximate surface area is 104 Å². The van der Waals surface area contributed by atoms with Gasteiger partial charge in [0.2, 0.25) is 0 Å². The van der Waals surface area contributed by atoms with E-state index in [1.165, 1.54) is 17.5 Å². The second-order valence-corrected chi connectivity index (χ2v) is 5.65. The second kappa shape index (κ2) is 4.53. The van der Waals surface area contributed by atoms with Crippen molar-refractivity contribution in [2.45, 2.75) is 51.4 Å². The normalized spacial score (nSPS) is 27.6. The average Bonchev–Trinajstić information content (AvgIpc) is 2.29. The molecular formula is C16H21N. The Morgan fingerprint density at radius 3 is 2.29 bits per heavy atom. The van der Waals surface area contributed by atoms with Gasteiger partial charge < -0.3 is 0 Å². The van der Waals surface area contributed by atoms with Crippen molar-refractivity contribution in [1.82, 2.24) is 0 Å². The summed E-state index contributed by atoms with van der Waals surface area (Å²) in [7, 11) is 0. The van der Waals surface area contributed by atoms with E-state index in [1.54, 1.807) is 0 Å². The van der Waals surface area contributed by atoms with Gasteiger partial charge in [0.05, 0.1) is 11.5 Å². The zero-order valence-electron chi connectivity index (χ0n) is 11.0. The lowest BCUT2D eigenvalue weighted by atomic mass is 9.59. The van der Waals surface area contributed by atoms with Crippen molar-refractivity contribution in [1.29, 1.82) is 5.26 Å². The molecule has 0 unspecified atom stereocenters. The van der Waals surface area contributed by atoms with Crippen LogP contribution in [0.15, 0.2) is 24.3 Å². The lowest BCUT2D eigenvalue weighted by molar-refractivity contribution is 0.192. The van der Waals surface area contributed by atoms with Crippen LogP contribution < -0.4 is 0 Å². The summed E-state index contributed by atoms with van der Waals surface area (Å²) in [6, 6.07) is 11.2. The SMILES string of the molecule is CCC1CC(C#N)(c2ccc(C(C)C)cc2)C1. The lowest BCUT2D eigenvalue weighted by Crippen LogP contribution is -2.39. The molecule has 1 aliphatic carbocycles. The molecule has 0 N–H and O–H groups in total. The summed E-state index contributed by atoms with van der Waals surface area (Å²) in [6.45, 7) is 6.62. The third-order valence-electron chi connectivity index (χ3n) is 4.20. The molecule has 1 aliphatic rings. The molecule has 1 fully saturated rings. The van der Waals surface area contributed by atoms with E-state index in [1.807, 2.05) is 0 Å². The van der Waals surface area contributed by atoms with Crippen LogP contribution in [0.4, 0.5) is 0 Å². The second-order valence-electron chi connectivity index (χ2n) is 5.65. The first-order valence-electron chi connectivity index (χ1n) is 6.63. The maximum Gasteiger partial charge on any atom is 0.0827 e. The minimum atomic E-state index is -0.184. The summed E-state index contributed by atoms with van der Waals surface area (Å²) in [4.78, 5) is 0. The van der Waals surface area contributed by atoms with E-state index in [4.69, 9.17) is 0 Å². The number of nitriles is 1. The maximum absolute atomic E-state index is 9.43. The molecular weight excluding hydrogens is 206 g/mol. The van der Waals surface area contributed by atoms with Crippen molar-refractivity contribution in [2.24, 2.45) is 5.92 Å². The summed E-state index contributed by atoms with van der Waals surface area (Å²) in [5.74, 6) is 1.31. The molecule has 17 heavy (non-hydrogen) atoms. The summed E-state index contributed by atoms with van der Waals surface area (Å²) in [5.41, 5.74) is 2.39. The van der Waals surface area contributed by atoms with Gasteiger partial charge in [0, 0.05) is 0 Å². The first-order chi connectivity index (χ1) is 8.11. The number of hydrogen-bond donors (Lipinski definition) is 0. The van der Waals surface area contributed by atoms with E-state index >= 15 is 0 Å². The van der Waals surface area contributed by atoms with Gasteiger partial charge >= 0.3 is 0 Å². The Kier molecular flexibility index (Phi) is 3.24. The summed E-state index contributed by atoms with van der Waals surface area (Å²) in [5, 5.41) is 9.43. The molecule has 0 aromatic heterocycles. The number of nitrogens with zero attached hydrogens (tertiary/aromatic N) is 1. The molecule has 2 rings (SSSR count). The quantitative estimate of drug-likeness (QED) is 0.751. The van der Waals surface area contributed by atoms with Crippen LogP contribution in [0.2, 0.25) is 0 Å². The third kappa shape index (κ3) is 2.09. The highest BCUT2D eigenvalue weighted by Crippen LogP contribution is 2.48. The number of hydrogen-bond acceptors (Lipinski definition) is 1. The Hall–Kier alpha value is -1.29. The first kappa shape index (κ1) is 12.2. The van der Waals surface area contributed by atoms with E-state index < -0.39 is 0 Å². The molecule has 1 aromatic carbocycles. The van der Waals surface area contributed by atoms with Gasteiger partial charge in [-0.1, -0.05) is 51.5 Å². The van der Waals surface area contributed by atoms with Crippen molar-refractivity contribution in [3.8, 4) is 6.07 Å². The smallest absolute Gasteiger partial charge is 0.0827 e. The highest BCUT2D eigenvalue weighted by molar-refractivity contribution is 5.38. The zero-order chi connectivity index (χ0) is 12.5. The molecule has 1 saturated carbocycles. The molecule has 0 heterocycles.